The van der Waals surface area contributed by atoms with Crippen molar-refractivity contribution in [2.45, 2.75) is 44.2 Å². The van der Waals surface area contributed by atoms with Gasteiger partial charge in [-0.1, -0.05) is 12.1 Å². The molecule has 0 radical (unpaired) electrons. The molecular weight excluding hydrogens is 231 g/mol. The molecule has 1 aliphatic carbocycles. The van der Waals surface area contributed by atoms with Crippen molar-refractivity contribution in [1.82, 2.24) is 5.32 Å². The highest BCUT2D eigenvalue weighted by molar-refractivity contribution is 5.74. The predicted octanol–water partition coefficient (Wildman–Crippen LogP) is 1.93. The number of nitrogens with two attached hydrogens (primary N) is 1. The molecule has 3 N–H and O–H groups in total. The second kappa shape index (κ2) is 5.48. The molecule has 1 fully saturated rings. The standard InChI is InChI=1S/C14H19FN2O/c1-9(5-14(16)18)17-13-7-11(8-13)10-3-2-4-12(15)6-10/h2-4,6,9,11,13,17H,5,7-8H2,1H3,(H2,16,18). The van der Waals surface area contributed by atoms with Gasteiger partial charge in [-0.05, 0) is 43.4 Å². The Morgan fingerprint density at radius 1 is 1.56 bits per heavy atom. The van der Waals surface area contributed by atoms with Crippen LogP contribution < -0.4 is 11.1 Å². The van der Waals surface area contributed by atoms with Gasteiger partial charge in [0.1, 0.15) is 5.82 Å². The number of nitrogens with one attached hydrogen (secondary N) is 1. The number of hydrogen-bond donors (Lipinski definition) is 2. The number of halogens is 1. The summed E-state index contributed by atoms with van der Waals surface area (Å²) in [5.41, 5.74) is 6.21. The van der Waals surface area contributed by atoms with E-state index in [9.17, 15) is 9.18 Å². The fourth-order valence-corrected chi connectivity index (χ4v) is 2.55. The summed E-state index contributed by atoms with van der Waals surface area (Å²) in [4.78, 5) is 10.8. The van der Waals surface area contributed by atoms with Gasteiger partial charge in [0.15, 0.2) is 0 Å². The van der Waals surface area contributed by atoms with Gasteiger partial charge in [0.05, 0.1) is 0 Å². The summed E-state index contributed by atoms with van der Waals surface area (Å²) in [6, 6.07) is 7.31. The van der Waals surface area contributed by atoms with Crippen LogP contribution in [0.25, 0.3) is 0 Å². The van der Waals surface area contributed by atoms with E-state index in [2.05, 4.69) is 5.32 Å². The molecule has 2 rings (SSSR count). The SMILES string of the molecule is CC(CC(N)=O)NC1CC(c2cccc(F)c2)C1. The third-order valence-electron chi connectivity index (χ3n) is 3.49. The normalized spacial score (nSPS) is 24.3. The molecule has 3 nitrogen and oxygen atoms in total. The zero-order valence-corrected chi connectivity index (χ0v) is 10.5. The van der Waals surface area contributed by atoms with E-state index in [-0.39, 0.29) is 17.8 Å². The smallest absolute Gasteiger partial charge is 0.218 e. The lowest BCUT2D eigenvalue weighted by molar-refractivity contribution is -0.118. The van der Waals surface area contributed by atoms with Crippen LogP contribution in [0.3, 0.4) is 0 Å². The maximum Gasteiger partial charge on any atom is 0.218 e. The third kappa shape index (κ3) is 3.29. The summed E-state index contributed by atoms with van der Waals surface area (Å²) in [5.74, 6) is -0.0269. The van der Waals surface area contributed by atoms with Gasteiger partial charge in [0, 0.05) is 18.5 Å². The van der Waals surface area contributed by atoms with Crippen molar-refractivity contribution in [2.24, 2.45) is 5.73 Å². The average molecular weight is 250 g/mol. The molecule has 0 spiro atoms. The fourth-order valence-electron chi connectivity index (χ4n) is 2.55. The Morgan fingerprint density at radius 2 is 2.28 bits per heavy atom. The van der Waals surface area contributed by atoms with Crippen molar-refractivity contribution in [3.05, 3.63) is 35.6 Å². The summed E-state index contributed by atoms with van der Waals surface area (Å²) in [6.07, 6.45) is 2.35. The molecule has 1 aromatic rings. The van der Waals surface area contributed by atoms with Crippen molar-refractivity contribution < 1.29 is 9.18 Å². The number of carbonyl (C=O) groups is 1. The molecule has 1 saturated carbocycles. The monoisotopic (exact) mass is 250 g/mol. The molecule has 1 atom stereocenters. The molecule has 0 aromatic heterocycles. The van der Waals surface area contributed by atoms with Gasteiger partial charge < -0.3 is 11.1 Å². The molecule has 0 heterocycles. The first-order chi connectivity index (χ1) is 8.54. The van der Waals surface area contributed by atoms with E-state index in [1.54, 1.807) is 12.1 Å². The van der Waals surface area contributed by atoms with Gasteiger partial charge in [-0.25, -0.2) is 4.39 Å². The highest BCUT2D eigenvalue weighted by Crippen LogP contribution is 2.37. The van der Waals surface area contributed by atoms with Crippen molar-refractivity contribution in [2.75, 3.05) is 0 Å². The van der Waals surface area contributed by atoms with E-state index in [4.69, 9.17) is 5.73 Å². The zero-order valence-electron chi connectivity index (χ0n) is 10.5. The molecule has 18 heavy (non-hydrogen) atoms. The molecule has 0 bridgehead atoms. The molecular formula is C14H19FN2O. The number of amides is 1. The van der Waals surface area contributed by atoms with Crippen LogP contribution in [0.5, 0.6) is 0 Å². The molecule has 1 unspecified atom stereocenters. The van der Waals surface area contributed by atoms with Crippen molar-refractivity contribution in [3.63, 3.8) is 0 Å². The number of carbonyl (C=O) groups excluding carboxylic acids is 1. The van der Waals surface area contributed by atoms with Crippen LogP contribution in [0.15, 0.2) is 24.3 Å². The first kappa shape index (κ1) is 13.0. The van der Waals surface area contributed by atoms with E-state index >= 15 is 0 Å². The van der Waals surface area contributed by atoms with E-state index < -0.39 is 0 Å². The number of primary amides is 1. The largest absolute Gasteiger partial charge is 0.370 e. The second-order valence-electron chi connectivity index (χ2n) is 5.16. The summed E-state index contributed by atoms with van der Waals surface area (Å²) >= 11 is 0. The van der Waals surface area contributed by atoms with Gasteiger partial charge in [0.25, 0.3) is 0 Å². The van der Waals surface area contributed by atoms with Crippen LogP contribution in [-0.4, -0.2) is 18.0 Å². The molecule has 1 aliphatic rings. The lowest BCUT2D eigenvalue weighted by Crippen LogP contribution is -2.45. The van der Waals surface area contributed by atoms with Gasteiger partial charge in [0.2, 0.25) is 5.91 Å². The lowest BCUT2D eigenvalue weighted by atomic mass is 9.75. The topological polar surface area (TPSA) is 55.1 Å². The highest BCUT2D eigenvalue weighted by atomic mass is 19.1. The maximum absolute atomic E-state index is 13.1. The van der Waals surface area contributed by atoms with Gasteiger partial charge >= 0.3 is 0 Å². The van der Waals surface area contributed by atoms with Crippen molar-refractivity contribution >= 4 is 5.91 Å². The number of rotatable bonds is 5. The first-order valence-corrected chi connectivity index (χ1v) is 6.34. The Bertz CT molecular complexity index is 430. The van der Waals surface area contributed by atoms with Crippen LogP contribution in [-0.2, 0) is 4.79 Å². The Kier molecular flexibility index (Phi) is 3.97. The predicted molar refractivity (Wildman–Crippen MR) is 68.6 cm³/mol. The molecule has 1 aromatic carbocycles. The number of benzene rings is 1. The zero-order chi connectivity index (χ0) is 13.1. The lowest BCUT2D eigenvalue weighted by Gasteiger charge is -2.38. The van der Waals surface area contributed by atoms with Crippen LogP contribution in [0.1, 0.15) is 37.7 Å². The first-order valence-electron chi connectivity index (χ1n) is 6.34. The van der Waals surface area contributed by atoms with Crippen molar-refractivity contribution in [1.29, 1.82) is 0 Å². The summed E-state index contributed by atoms with van der Waals surface area (Å²) < 4.78 is 13.1. The Balaban J connectivity index is 1.78. The van der Waals surface area contributed by atoms with E-state index in [0.29, 0.717) is 18.4 Å². The molecule has 0 aliphatic heterocycles. The van der Waals surface area contributed by atoms with E-state index in [1.165, 1.54) is 6.07 Å². The molecule has 4 heteroatoms. The van der Waals surface area contributed by atoms with Gasteiger partial charge in [-0.2, -0.15) is 0 Å². The van der Waals surface area contributed by atoms with Crippen LogP contribution in [0.4, 0.5) is 4.39 Å². The van der Waals surface area contributed by atoms with E-state index in [1.807, 2.05) is 13.0 Å². The maximum atomic E-state index is 13.1. The Labute approximate surface area is 107 Å². The summed E-state index contributed by atoms with van der Waals surface area (Å²) in [7, 11) is 0. The Hall–Kier alpha value is -1.42. The van der Waals surface area contributed by atoms with Crippen molar-refractivity contribution in [3.8, 4) is 0 Å². The summed E-state index contributed by atoms with van der Waals surface area (Å²) in [5, 5.41) is 3.37. The molecule has 0 saturated heterocycles. The fraction of sp³-hybridized carbons (Fsp3) is 0.500. The van der Waals surface area contributed by atoms with Crippen LogP contribution >= 0.6 is 0 Å². The minimum Gasteiger partial charge on any atom is -0.370 e. The van der Waals surface area contributed by atoms with E-state index in [0.717, 1.165) is 18.4 Å². The van der Waals surface area contributed by atoms with Gasteiger partial charge in [-0.3, -0.25) is 4.79 Å². The molecule has 98 valence electrons. The highest BCUT2D eigenvalue weighted by Gasteiger charge is 2.31. The quantitative estimate of drug-likeness (QED) is 0.839. The van der Waals surface area contributed by atoms with Gasteiger partial charge in [-0.15, -0.1) is 0 Å². The molecule has 1 amide bonds. The minimum absolute atomic E-state index is 0.112. The number of hydrogen-bond acceptors (Lipinski definition) is 2. The summed E-state index contributed by atoms with van der Waals surface area (Å²) in [6.45, 7) is 1.96. The average Bonchev–Trinajstić information content (AvgIpc) is 2.21. The Morgan fingerprint density at radius 3 is 2.89 bits per heavy atom. The van der Waals surface area contributed by atoms with Crippen LogP contribution in [0.2, 0.25) is 0 Å². The van der Waals surface area contributed by atoms with Crippen LogP contribution in [0, 0.1) is 5.82 Å². The minimum atomic E-state index is -0.281. The second-order valence-corrected chi connectivity index (χ2v) is 5.16. The third-order valence-corrected chi connectivity index (χ3v) is 3.49.